The molecule has 1 fully saturated rings. The fourth-order valence-electron chi connectivity index (χ4n) is 6.35. The molecule has 1 saturated carbocycles. The van der Waals surface area contributed by atoms with Crippen LogP contribution >= 0.6 is 0 Å². The number of ether oxygens (including phenoxy) is 2. The third-order valence-electron chi connectivity index (χ3n) is 9.80. The van der Waals surface area contributed by atoms with Gasteiger partial charge in [-0.1, -0.05) is 135 Å². The molecule has 0 bridgehead atoms. The van der Waals surface area contributed by atoms with Gasteiger partial charge in [0.25, 0.3) is 0 Å². The van der Waals surface area contributed by atoms with Crippen molar-refractivity contribution < 1.29 is 39.5 Å². The molecule has 8 nitrogen and oxygen atoms in total. The van der Waals surface area contributed by atoms with Crippen LogP contribution in [-0.2, 0) is 19.1 Å². The third-order valence-corrected chi connectivity index (χ3v) is 9.80. The van der Waals surface area contributed by atoms with Crippen LogP contribution in [0.1, 0.15) is 162 Å². The molecule has 280 valence electrons. The molecule has 0 radical (unpaired) electrons. The smallest absolute Gasteiger partial charge is 0.305 e. The summed E-state index contributed by atoms with van der Waals surface area (Å²) in [7, 11) is 0. The quantitative estimate of drug-likeness (QED) is 0.0340. The van der Waals surface area contributed by atoms with Gasteiger partial charge in [0.15, 0.2) is 0 Å². The van der Waals surface area contributed by atoms with E-state index in [2.05, 4.69) is 20.8 Å². The fourth-order valence-corrected chi connectivity index (χ4v) is 6.35. The number of aliphatic hydroxyl groups is 4. The maximum absolute atomic E-state index is 12.1. The van der Waals surface area contributed by atoms with E-state index < -0.39 is 30.4 Å². The van der Waals surface area contributed by atoms with Gasteiger partial charge in [-0.15, -0.1) is 0 Å². The van der Waals surface area contributed by atoms with Gasteiger partial charge in [0.1, 0.15) is 19.3 Å². The van der Waals surface area contributed by atoms with Gasteiger partial charge in [-0.25, -0.2) is 0 Å². The molecule has 48 heavy (non-hydrogen) atoms. The highest BCUT2D eigenvalue weighted by Gasteiger charge is 2.39. The summed E-state index contributed by atoms with van der Waals surface area (Å²) < 4.78 is 10.3. The molecule has 0 saturated heterocycles. The maximum atomic E-state index is 12.1. The second-order valence-corrected chi connectivity index (χ2v) is 14.3. The first kappa shape index (κ1) is 44.3. The molecule has 1 aliphatic rings. The van der Waals surface area contributed by atoms with Gasteiger partial charge in [-0.3, -0.25) is 9.59 Å². The molecule has 1 unspecified atom stereocenters. The van der Waals surface area contributed by atoms with E-state index >= 15 is 0 Å². The summed E-state index contributed by atoms with van der Waals surface area (Å²) >= 11 is 0. The van der Waals surface area contributed by atoms with Gasteiger partial charge in [0, 0.05) is 25.2 Å². The van der Waals surface area contributed by atoms with Crippen LogP contribution < -0.4 is 0 Å². The van der Waals surface area contributed by atoms with Crippen molar-refractivity contribution in [1.82, 2.24) is 0 Å². The Hall–Kier alpha value is -1.74. The van der Waals surface area contributed by atoms with Crippen molar-refractivity contribution in [2.45, 2.75) is 186 Å². The van der Waals surface area contributed by atoms with Crippen LogP contribution in [0.15, 0.2) is 24.3 Å². The summed E-state index contributed by atoms with van der Waals surface area (Å²) in [5.74, 6) is -0.190. The number of carbonyl (C=O) groups is 2. The van der Waals surface area contributed by atoms with Crippen molar-refractivity contribution in [2.24, 2.45) is 17.8 Å². The Bertz CT molecular complexity index is 858. The van der Waals surface area contributed by atoms with E-state index in [0.717, 1.165) is 44.4 Å². The van der Waals surface area contributed by atoms with Crippen LogP contribution in [-0.4, -0.2) is 70.0 Å². The SMILES string of the molecule is CCCCC[C@H](O)/C=C/[C@@H]1[C@@H](C/C=C/CCCC(=O)OC[C@@H](O)COC(=O)CCCCCCCCCCCCC(C)CC)[C@@H](O)C[C@H]1O. The van der Waals surface area contributed by atoms with Crippen molar-refractivity contribution >= 4 is 11.9 Å². The van der Waals surface area contributed by atoms with E-state index in [1.165, 1.54) is 57.8 Å². The Balaban J connectivity index is 2.06. The van der Waals surface area contributed by atoms with Gasteiger partial charge < -0.3 is 29.9 Å². The topological polar surface area (TPSA) is 134 Å². The lowest BCUT2D eigenvalue weighted by atomic mass is 9.89. The molecule has 8 heteroatoms. The van der Waals surface area contributed by atoms with E-state index in [9.17, 15) is 30.0 Å². The molecule has 1 aliphatic carbocycles. The Labute approximate surface area is 292 Å². The zero-order chi connectivity index (χ0) is 35.4. The molecular formula is C40H72O8. The van der Waals surface area contributed by atoms with E-state index in [1.807, 2.05) is 18.2 Å². The van der Waals surface area contributed by atoms with Crippen LogP contribution in [0.5, 0.6) is 0 Å². The van der Waals surface area contributed by atoms with Gasteiger partial charge in [-0.05, 0) is 43.9 Å². The first-order valence-electron chi connectivity index (χ1n) is 19.5. The number of aliphatic hydroxyl groups excluding tert-OH is 4. The molecule has 0 aromatic carbocycles. The van der Waals surface area contributed by atoms with Gasteiger partial charge >= 0.3 is 11.9 Å². The number of esters is 2. The minimum absolute atomic E-state index is 0.116. The highest BCUT2D eigenvalue weighted by atomic mass is 16.6. The number of hydrogen-bond acceptors (Lipinski definition) is 8. The van der Waals surface area contributed by atoms with Gasteiger partial charge in [0.2, 0.25) is 0 Å². The predicted molar refractivity (Wildman–Crippen MR) is 193 cm³/mol. The largest absolute Gasteiger partial charge is 0.463 e. The highest BCUT2D eigenvalue weighted by molar-refractivity contribution is 5.69. The van der Waals surface area contributed by atoms with Crippen LogP contribution in [0.25, 0.3) is 0 Å². The van der Waals surface area contributed by atoms with Crippen molar-refractivity contribution in [2.75, 3.05) is 13.2 Å². The van der Waals surface area contributed by atoms with E-state index in [1.54, 1.807) is 6.08 Å². The number of carbonyl (C=O) groups excluding carboxylic acids is 2. The number of rotatable bonds is 30. The molecule has 0 spiro atoms. The first-order valence-corrected chi connectivity index (χ1v) is 19.5. The second kappa shape index (κ2) is 29.0. The first-order chi connectivity index (χ1) is 23.2. The summed E-state index contributed by atoms with van der Waals surface area (Å²) in [6.45, 7) is 6.35. The van der Waals surface area contributed by atoms with Crippen molar-refractivity contribution in [3.8, 4) is 0 Å². The van der Waals surface area contributed by atoms with Crippen LogP contribution in [0.3, 0.4) is 0 Å². The summed E-state index contributed by atoms with van der Waals surface area (Å²) in [4.78, 5) is 24.1. The van der Waals surface area contributed by atoms with Gasteiger partial charge in [-0.2, -0.15) is 0 Å². The normalized spacial score (nSPS) is 21.6. The zero-order valence-corrected chi connectivity index (χ0v) is 30.7. The molecule has 0 aromatic heterocycles. The molecule has 0 heterocycles. The van der Waals surface area contributed by atoms with Gasteiger partial charge in [0.05, 0.1) is 18.3 Å². The average molecular weight is 681 g/mol. The van der Waals surface area contributed by atoms with Crippen LogP contribution in [0, 0.1) is 17.8 Å². The van der Waals surface area contributed by atoms with E-state index in [4.69, 9.17) is 9.47 Å². The lowest BCUT2D eigenvalue weighted by molar-refractivity contribution is -0.152. The minimum Gasteiger partial charge on any atom is -0.463 e. The molecule has 0 aliphatic heterocycles. The zero-order valence-electron chi connectivity index (χ0n) is 30.7. The standard InChI is InChI=1S/C40H72O8/c1-4-6-17-23-33(41)27-28-36-35(37(43)29-38(36)44)24-19-15-16-21-26-40(46)48-31-34(42)30-47-39(45)25-20-14-12-10-8-7-9-11-13-18-22-32(3)5-2/h15,19,27-28,32-38,41-44H,4-14,16-18,20-26,29-31H2,1-3H3/b19-15+,28-27+/t32?,33-,34-,35+,36+,37-,38+/m0/s1. The Kier molecular flexibility index (Phi) is 26.8. The third kappa shape index (κ3) is 22.8. The molecule has 1 rings (SSSR count). The summed E-state index contributed by atoms with van der Waals surface area (Å²) in [6, 6.07) is 0. The van der Waals surface area contributed by atoms with Crippen LogP contribution in [0.4, 0.5) is 0 Å². The van der Waals surface area contributed by atoms with Crippen molar-refractivity contribution in [3.63, 3.8) is 0 Å². The average Bonchev–Trinajstić information content (AvgIpc) is 3.34. The summed E-state index contributed by atoms with van der Waals surface area (Å²) in [5.41, 5.74) is 0. The molecule has 7 atom stereocenters. The van der Waals surface area contributed by atoms with E-state index in [0.29, 0.717) is 38.5 Å². The second-order valence-electron chi connectivity index (χ2n) is 14.3. The maximum Gasteiger partial charge on any atom is 0.305 e. The molecular weight excluding hydrogens is 608 g/mol. The van der Waals surface area contributed by atoms with Crippen molar-refractivity contribution in [3.05, 3.63) is 24.3 Å². The fraction of sp³-hybridized carbons (Fsp3) is 0.850. The Morgan fingerprint density at radius 1 is 0.729 bits per heavy atom. The number of hydrogen-bond donors (Lipinski definition) is 4. The highest BCUT2D eigenvalue weighted by Crippen LogP contribution is 2.36. The summed E-state index contributed by atoms with van der Waals surface area (Å²) in [5, 5.41) is 41.1. The van der Waals surface area contributed by atoms with Crippen molar-refractivity contribution in [1.29, 1.82) is 0 Å². The lowest BCUT2D eigenvalue weighted by Crippen LogP contribution is -2.25. The number of unbranched alkanes of at least 4 members (excludes halogenated alkanes) is 12. The number of allylic oxidation sites excluding steroid dienone is 2. The summed E-state index contributed by atoms with van der Waals surface area (Å²) in [6.07, 6.45) is 26.1. The molecule has 4 N–H and O–H groups in total. The molecule has 0 aromatic rings. The van der Waals surface area contributed by atoms with E-state index in [-0.39, 0.29) is 37.4 Å². The molecule has 0 amide bonds. The lowest BCUT2D eigenvalue weighted by Gasteiger charge is -2.19. The Morgan fingerprint density at radius 3 is 1.90 bits per heavy atom. The predicted octanol–water partition coefficient (Wildman–Crippen LogP) is 8.13. The monoisotopic (exact) mass is 681 g/mol. The Morgan fingerprint density at radius 2 is 1.29 bits per heavy atom. The minimum atomic E-state index is -1.04. The van der Waals surface area contributed by atoms with Crippen LogP contribution in [0.2, 0.25) is 0 Å².